The fourth-order valence-corrected chi connectivity index (χ4v) is 0.775. The molecule has 0 aliphatic carbocycles. The number of hydrogen-bond donors (Lipinski definition) is 2. The molecule has 0 aliphatic rings. The van der Waals surface area contributed by atoms with Crippen LogP contribution in [0.25, 0.3) is 0 Å². The van der Waals surface area contributed by atoms with Gasteiger partial charge >= 0.3 is 0 Å². The zero-order valence-electron chi connectivity index (χ0n) is 7.82. The molecule has 0 spiro atoms. The highest BCUT2D eigenvalue weighted by Crippen LogP contribution is 2.07. The van der Waals surface area contributed by atoms with Crippen molar-refractivity contribution in [2.24, 2.45) is 5.73 Å². The molecule has 1 heterocycles. The highest BCUT2D eigenvalue weighted by Gasteiger charge is 2.00. The molecule has 0 bridgehead atoms. The van der Waals surface area contributed by atoms with E-state index in [1.807, 2.05) is 6.92 Å². The maximum atomic E-state index is 5.43. The molecule has 0 saturated heterocycles. The first-order chi connectivity index (χ1) is 6.26. The second-order valence-corrected chi connectivity index (χ2v) is 2.73. The lowest BCUT2D eigenvalue weighted by Gasteiger charge is -2.10. The first kappa shape index (κ1) is 9.73. The average molecular weight is 182 g/mol. The average Bonchev–Trinajstić information content (AvgIpc) is 2.19. The van der Waals surface area contributed by atoms with Gasteiger partial charge in [0.25, 0.3) is 0 Å². The molecule has 13 heavy (non-hydrogen) atoms. The van der Waals surface area contributed by atoms with Crippen molar-refractivity contribution in [1.82, 2.24) is 9.97 Å². The number of hydrogen-bond acceptors (Lipinski definition) is 5. The minimum atomic E-state index is 0.174. The largest absolute Gasteiger partial charge is 0.494 e. The predicted octanol–water partition coefficient (Wildman–Crippen LogP) is 0.244. The summed E-state index contributed by atoms with van der Waals surface area (Å²) in [5.41, 5.74) is 5.43. The van der Waals surface area contributed by atoms with Crippen molar-refractivity contribution in [2.45, 2.75) is 13.0 Å². The van der Waals surface area contributed by atoms with Crippen molar-refractivity contribution >= 4 is 5.95 Å². The van der Waals surface area contributed by atoms with Gasteiger partial charge in [0.15, 0.2) is 5.75 Å². The molecular formula is C8H14N4O. The second kappa shape index (κ2) is 4.61. The summed E-state index contributed by atoms with van der Waals surface area (Å²) >= 11 is 0. The Bertz CT molecular complexity index is 249. The molecule has 0 fully saturated rings. The van der Waals surface area contributed by atoms with Crippen LogP contribution in [0.1, 0.15) is 6.92 Å². The summed E-state index contributed by atoms with van der Waals surface area (Å²) in [5.74, 6) is 1.21. The molecule has 0 aliphatic heterocycles. The smallest absolute Gasteiger partial charge is 0.223 e. The quantitative estimate of drug-likeness (QED) is 0.698. The van der Waals surface area contributed by atoms with Gasteiger partial charge in [-0.3, -0.25) is 0 Å². The second-order valence-electron chi connectivity index (χ2n) is 2.73. The van der Waals surface area contributed by atoms with Gasteiger partial charge < -0.3 is 15.8 Å². The Morgan fingerprint density at radius 3 is 2.62 bits per heavy atom. The SMILES string of the molecule is COc1cnc(NC(C)CN)nc1. The van der Waals surface area contributed by atoms with Gasteiger partial charge in [-0.05, 0) is 6.92 Å². The van der Waals surface area contributed by atoms with Crippen LogP contribution in [-0.2, 0) is 0 Å². The van der Waals surface area contributed by atoms with Crippen molar-refractivity contribution in [3.63, 3.8) is 0 Å². The minimum absolute atomic E-state index is 0.174. The Hall–Kier alpha value is -1.36. The van der Waals surface area contributed by atoms with E-state index >= 15 is 0 Å². The van der Waals surface area contributed by atoms with E-state index in [1.165, 1.54) is 0 Å². The molecule has 5 nitrogen and oxygen atoms in total. The number of nitrogens with zero attached hydrogens (tertiary/aromatic N) is 2. The van der Waals surface area contributed by atoms with Gasteiger partial charge in [0.2, 0.25) is 5.95 Å². The van der Waals surface area contributed by atoms with Crippen LogP contribution in [0.5, 0.6) is 5.75 Å². The molecule has 3 N–H and O–H groups in total. The van der Waals surface area contributed by atoms with Crippen LogP contribution in [-0.4, -0.2) is 29.7 Å². The van der Waals surface area contributed by atoms with Crippen LogP contribution in [0.15, 0.2) is 12.4 Å². The standard InChI is InChI=1S/C8H14N4O/c1-6(3-9)12-8-10-4-7(13-2)5-11-8/h4-6H,3,9H2,1-2H3,(H,10,11,12). The lowest BCUT2D eigenvalue weighted by molar-refractivity contribution is 0.411. The highest BCUT2D eigenvalue weighted by atomic mass is 16.5. The molecular weight excluding hydrogens is 168 g/mol. The summed E-state index contributed by atoms with van der Waals surface area (Å²) in [5, 5.41) is 3.04. The molecule has 5 heteroatoms. The van der Waals surface area contributed by atoms with Gasteiger partial charge in [0, 0.05) is 12.6 Å². The van der Waals surface area contributed by atoms with E-state index in [4.69, 9.17) is 10.5 Å². The summed E-state index contributed by atoms with van der Waals surface area (Å²) in [6.07, 6.45) is 3.22. The molecule has 1 aromatic rings. The normalized spacial score (nSPS) is 12.2. The zero-order valence-corrected chi connectivity index (χ0v) is 7.82. The zero-order chi connectivity index (χ0) is 9.68. The third-order valence-corrected chi connectivity index (χ3v) is 1.59. The molecule has 0 aromatic carbocycles. The molecule has 1 rings (SSSR count). The van der Waals surface area contributed by atoms with Crippen molar-refractivity contribution in [1.29, 1.82) is 0 Å². The minimum Gasteiger partial charge on any atom is -0.494 e. The number of rotatable bonds is 4. The van der Waals surface area contributed by atoms with E-state index in [2.05, 4.69) is 15.3 Å². The van der Waals surface area contributed by atoms with Crippen LogP contribution in [0.4, 0.5) is 5.95 Å². The fourth-order valence-electron chi connectivity index (χ4n) is 0.775. The lowest BCUT2D eigenvalue weighted by atomic mass is 10.3. The molecule has 0 radical (unpaired) electrons. The maximum absolute atomic E-state index is 5.43. The Morgan fingerprint density at radius 1 is 1.54 bits per heavy atom. The first-order valence-corrected chi connectivity index (χ1v) is 4.09. The van der Waals surface area contributed by atoms with E-state index < -0.39 is 0 Å². The summed E-state index contributed by atoms with van der Waals surface area (Å²) in [4.78, 5) is 8.07. The van der Waals surface area contributed by atoms with Crippen LogP contribution in [0, 0.1) is 0 Å². The predicted molar refractivity (Wildman–Crippen MR) is 50.7 cm³/mol. The summed E-state index contributed by atoms with van der Waals surface area (Å²) in [6, 6.07) is 0.174. The van der Waals surface area contributed by atoms with Gasteiger partial charge in [0.1, 0.15) is 0 Å². The van der Waals surface area contributed by atoms with E-state index in [1.54, 1.807) is 19.5 Å². The van der Waals surface area contributed by atoms with Crippen molar-refractivity contribution in [3.8, 4) is 5.75 Å². The Balaban J connectivity index is 2.58. The number of anilines is 1. The van der Waals surface area contributed by atoms with E-state index in [-0.39, 0.29) is 6.04 Å². The van der Waals surface area contributed by atoms with Crippen LogP contribution in [0.3, 0.4) is 0 Å². The highest BCUT2D eigenvalue weighted by molar-refractivity contribution is 5.28. The number of nitrogens with two attached hydrogens (primary N) is 1. The van der Waals surface area contributed by atoms with E-state index in [9.17, 15) is 0 Å². The Kier molecular flexibility index (Phi) is 3.45. The van der Waals surface area contributed by atoms with Gasteiger partial charge in [-0.15, -0.1) is 0 Å². The molecule has 1 aromatic heterocycles. The summed E-state index contributed by atoms with van der Waals surface area (Å²) < 4.78 is 4.92. The summed E-state index contributed by atoms with van der Waals surface area (Å²) in [6.45, 7) is 2.52. The van der Waals surface area contributed by atoms with Crippen LogP contribution < -0.4 is 15.8 Å². The maximum Gasteiger partial charge on any atom is 0.223 e. The number of nitrogens with one attached hydrogen (secondary N) is 1. The van der Waals surface area contributed by atoms with Crippen LogP contribution >= 0.6 is 0 Å². The molecule has 0 saturated carbocycles. The van der Waals surface area contributed by atoms with Crippen molar-refractivity contribution in [3.05, 3.63) is 12.4 Å². The Morgan fingerprint density at radius 2 is 2.15 bits per heavy atom. The summed E-state index contributed by atoms with van der Waals surface area (Å²) in [7, 11) is 1.58. The van der Waals surface area contributed by atoms with Crippen molar-refractivity contribution in [2.75, 3.05) is 19.0 Å². The molecule has 0 amide bonds. The number of methoxy groups -OCH3 is 1. The van der Waals surface area contributed by atoms with Gasteiger partial charge in [-0.25, -0.2) is 9.97 Å². The lowest BCUT2D eigenvalue weighted by Crippen LogP contribution is -2.26. The van der Waals surface area contributed by atoms with E-state index in [0.717, 1.165) is 0 Å². The fraction of sp³-hybridized carbons (Fsp3) is 0.500. The Labute approximate surface area is 77.3 Å². The molecule has 1 atom stereocenters. The first-order valence-electron chi connectivity index (χ1n) is 4.09. The van der Waals surface area contributed by atoms with Crippen molar-refractivity contribution < 1.29 is 4.74 Å². The third-order valence-electron chi connectivity index (χ3n) is 1.59. The third kappa shape index (κ3) is 2.87. The number of aromatic nitrogens is 2. The van der Waals surface area contributed by atoms with Crippen LogP contribution in [0.2, 0.25) is 0 Å². The monoisotopic (exact) mass is 182 g/mol. The van der Waals surface area contributed by atoms with Gasteiger partial charge in [0.05, 0.1) is 19.5 Å². The molecule has 1 unspecified atom stereocenters. The molecule has 72 valence electrons. The van der Waals surface area contributed by atoms with E-state index in [0.29, 0.717) is 18.2 Å². The topological polar surface area (TPSA) is 73.1 Å². The number of ether oxygens (including phenoxy) is 1. The van der Waals surface area contributed by atoms with Gasteiger partial charge in [-0.1, -0.05) is 0 Å². The van der Waals surface area contributed by atoms with Gasteiger partial charge in [-0.2, -0.15) is 0 Å².